The fourth-order valence-corrected chi connectivity index (χ4v) is 1.41. The van der Waals surface area contributed by atoms with Crippen LogP contribution in [0.5, 0.6) is 0 Å². The van der Waals surface area contributed by atoms with Crippen LogP contribution in [-0.2, 0) is 11.3 Å². The molecule has 0 aliphatic rings. The summed E-state index contributed by atoms with van der Waals surface area (Å²) in [4.78, 5) is 4.39. The molecule has 1 aromatic rings. The number of imidazole rings is 1. The van der Waals surface area contributed by atoms with Crippen LogP contribution in [0.15, 0.2) is 18.9 Å². The topological polar surface area (TPSA) is 39.1 Å². The first-order valence-electron chi connectivity index (χ1n) is 5.63. The zero-order valence-corrected chi connectivity index (χ0v) is 10.4. The van der Waals surface area contributed by atoms with Crippen molar-refractivity contribution in [2.45, 2.75) is 33.4 Å². The van der Waals surface area contributed by atoms with Crippen LogP contribution in [0.25, 0.3) is 0 Å². The molecule has 0 spiro atoms. The van der Waals surface area contributed by atoms with Gasteiger partial charge in [-0.05, 0) is 20.8 Å². The molecule has 0 unspecified atom stereocenters. The van der Waals surface area contributed by atoms with Crippen molar-refractivity contribution in [2.75, 3.05) is 18.5 Å². The minimum Gasteiger partial charge on any atom is -0.377 e. The van der Waals surface area contributed by atoms with Crippen LogP contribution >= 0.6 is 0 Å². The summed E-state index contributed by atoms with van der Waals surface area (Å²) < 4.78 is 7.59. The minimum absolute atomic E-state index is 0.272. The lowest BCUT2D eigenvalue weighted by atomic mass is 10.5. The Morgan fingerprint density at radius 1 is 1.62 bits per heavy atom. The van der Waals surface area contributed by atoms with Crippen LogP contribution in [0, 0.1) is 6.92 Å². The lowest BCUT2D eigenvalue weighted by Crippen LogP contribution is -2.13. The third-order valence-corrected chi connectivity index (χ3v) is 2.08. The molecular weight excluding hydrogens is 202 g/mol. The van der Waals surface area contributed by atoms with E-state index in [-0.39, 0.29) is 6.10 Å². The van der Waals surface area contributed by atoms with Crippen LogP contribution in [0.2, 0.25) is 0 Å². The van der Waals surface area contributed by atoms with E-state index in [0.717, 1.165) is 24.7 Å². The van der Waals surface area contributed by atoms with Crippen molar-refractivity contribution < 1.29 is 4.74 Å². The number of aromatic nitrogens is 2. The third kappa shape index (κ3) is 4.06. The molecule has 90 valence electrons. The second-order valence-corrected chi connectivity index (χ2v) is 3.99. The lowest BCUT2D eigenvalue weighted by molar-refractivity contribution is 0.0730. The number of anilines is 1. The molecule has 1 N–H and O–H groups in total. The van der Waals surface area contributed by atoms with E-state index in [4.69, 9.17) is 4.74 Å². The van der Waals surface area contributed by atoms with Crippen LogP contribution < -0.4 is 5.32 Å². The van der Waals surface area contributed by atoms with Gasteiger partial charge in [0.15, 0.2) is 0 Å². The van der Waals surface area contributed by atoms with E-state index in [0.29, 0.717) is 6.61 Å². The number of hydrogen-bond acceptors (Lipinski definition) is 3. The molecule has 1 aromatic heterocycles. The van der Waals surface area contributed by atoms with Gasteiger partial charge in [-0.25, -0.2) is 4.98 Å². The molecule has 0 saturated carbocycles. The van der Waals surface area contributed by atoms with Gasteiger partial charge in [-0.15, -0.1) is 6.58 Å². The lowest BCUT2D eigenvalue weighted by Gasteiger charge is -2.10. The Hall–Kier alpha value is -1.29. The van der Waals surface area contributed by atoms with Crippen LogP contribution in [0.1, 0.15) is 19.5 Å². The van der Waals surface area contributed by atoms with Crippen molar-refractivity contribution in [1.82, 2.24) is 9.55 Å². The van der Waals surface area contributed by atoms with Crippen LogP contribution in [0.3, 0.4) is 0 Å². The largest absolute Gasteiger partial charge is 0.377 e. The fraction of sp³-hybridized carbons (Fsp3) is 0.583. The Kier molecular flexibility index (Phi) is 5.05. The van der Waals surface area contributed by atoms with Gasteiger partial charge in [-0.2, -0.15) is 0 Å². The highest BCUT2D eigenvalue weighted by Gasteiger charge is 2.04. The number of hydrogen-bond donors (Lipinski definition) is 1. The van der Waals surface area contributed by atoms with E-state index in [1.807, 2.05) is 33.0 Å². The maximum Gasteiger partial charge on any atom is 0.203 e. The summed E-state index contributed by atoms with van der Waals surface area (Å²) in [6, 6.07) is 0. The standard InChI is InChI=1S/C12H21N3O/c1-5-6-13-12-14-11(4)9-15(12)7-8-16-10(2)3/h5,9-10H,1,6-8H2,2-4H3,(H,13,14). The van der Waals surface area contributed by atoms with Gasteiger partial charge in [0.05, 0.1) is 18.4 Å². The van der Waals surface area contributed by atoms with Gasteiger partial charge in [0.2, 0.25) is 5.95 Å². The summed E-state index contributed by atoms with van der Waals surface area (Å²) >= 11 is 0. The highest BCUT2D eigenvalue weighted by molar-refractivity contribution is 5.29. The maximum absolute atomic E-state index is 5.52. The third-order valence-electron chi connectivity index (χ3n) is 2.08. The summed E-state index contributed by atoms with van der Waals surface area (Å²) in [5.41, 5.74) is 1.01. The average Bonchev–Trinajstić information content (AvgIpc) is 2.55. The average molecular weight is 223 g/mol. The van der Waals surface area contributed by atoms with E-state index in [1.54, 1.807) is 0 Å². The van der Waals surface area contributed by atoms with E-state index in [2.05, 4.69) is 21.4 Å². The first-order chi connectivity index (χ1) is 7.63. The molecule has 0 amide bonds. The molecular formula is C12H21N3O. The van der Waals surface area contributed by atoms with E-state index < -0.39 is 0 Å². The second-order valence-electron chi connectivity index (χ2n) is 3.99. The molecule has 0 radical (unpaired) electrons. The molecule has 4 nitrogen and oxygen atoms in total. The normalized spacial score (nSPS) is 10.8. The van der Waals surface area contributed by atoms with Crippen molar-refractivity contribution >= 4 is 5.95 Å². The van der Waals surface area contributed by atoms with Crippen molar-refractivity contribution in [3.8, 4) is 0 Å². The summed E-state index contributed by atoms with van der Waals surface area (Å²) in [7, 11) is 0. The monoisotopic (exact) mass is 223 g/mol. The van der Waals surface area contributed by atoms with Crippen molar-refractivity contribution in [1.29, 1.82) is 0 Å². The predicted octanol–water partition coefficient (Wildman–Crippen LogP) is 2.21. The molecule has 0 fully saturated rings. The summed E-state index contributed by atoms with van der Waals surface area (Å²) in [5, 5.41) is 3.20. The maximum atomic E-state index is 5.52. The fourth-order valence-electron chi connectivity index (χ4n) is 1.41. The second kappa shape index (κ2) is 6.33. The molecule has 0 bridgehead atoms. The summed E-state index contributed by atoms with van der Waals surface area (Å²) in [6.07, 6.45) is 4.11. The SMILES string of the molecule is C=CCNc1nc(C)cn1CCOC(C)C. The number of ether oxygens (including phenoxy) is 1. The van der Waals surface area contributed by atoms with Crippen molar-refractivity contribution in [3.63, 3.8) is 0 Å². The number of nitrogens with one attached hydrogen (secondary N) is 1. The number of rotatable bonds is 7. The Morgan fingerprint density at radius 3 is 3.00 bits per heavy atom. The van der Waals surface area contributed by atoms with Gasteiger partial charge in [0.1, 0.15) is 0 Å². The molecule has 1 rings (SSSR count). The van der Waals surface area contributed by atoms with Gasteiger partial charge < -0.3 is 14.6 Å². The molecule has 0 aliphatic carbocycles. The Bertz CT molecular complexity index is 331. The number of nitrogens with zero attached hydrogens (tertiary/aromatic N) is 2. The van der Waals surface area contributed by atoms with Gasteiger partial charge >= 0.3 is 0 Å². The van der Waals surface area contributed by atoms with E-state index >= 15 is 0 Å². The van der Waals surface area contributed by atoms with Gasteiger partial charge in [0.25, 0.3) is 0 Å². The molecule has 0 atom stereocenters. The predicted molar refractivity (Wildman–Crippen MR) is 66.7 cm³/mol. The molecule has 0 aromatic carbocycles. The van der Waals surface area contributed by atoms with Crippen LogP contribution in [0.4, 0.5) is 5.95 Å². The van der Waals surface area contributed by atoms with E-state index in [9.17, 15) is 0 Å². The molecule has 1 heterocycles. The van der Waals surface area contributed by atoms with E-state index in [1.165, 1.54) is 0 Å². The Labute approximate surface area is 97.3 Å². The quantitative estimate of drug-likeness (QED) is 0.720. The zero-order chi connectivity index (χ0) is 12.0. The van der Waals surface area contributed by atoms with Gasteiger partial charge in [0, 0.05) is 19.3 Å². The molecule has 0 saturated heterocycles. The Morgan fingerprint density at radius 2 is 2.38 bits per heavy atom. The highest BCUT2D eigenvalue weighted by Crippen LogP contribution is 2.08. The van der Waals surface area contributed by atoms with Crippen molar-refractivity contribution in [3.05, 3.63) is 24.5 Å². The summed E-state index contributed by atoms with van der Waals surface area (Å²) in [5.74, 6) is 0.879. The molecule has 16 heavy (non-hydrogen) atoms. The Balaban J connectivity index is 2.52. The molecule has 0 aliphatic heterocycles. The van der Waals surface area contributed by atoms with Gasteiger partial charge in [-0.1, -0.05) is 6.08 Å². The van der Waals surface area contributed by atoms with Gasteiger partial charge in [-0.3, -0.25) is 0 Å². The summed E-state index contributed by atoms with van der Waals surface area (Å²) in [6.45, 7) is 12.0. The smallest absolute Gasteiger partial charge is 0.203 e. The number of aryl methyl sites for hydroxylation is 1. The molecule has 4 heteroatoms. The minimum atomic E-state index is 0.272. The first kappa shape index (κ1) is 12.8. The highest BCUT2D eigenvalue weighted by atomic mass is 16.5. The first-order valence-corrected chi connectivity index (χ1v) is 5.63. The van der Waals surface area contributed by atoms with Crippen LogP contribution in [-0.4, -0.2) is 28.8 Å². The van der Waals surface area contributed by atoms with Crippen molar-refractivity contribution in [2.24, 2.45) is 0 Å². The zero-order valence-electron chi connectivity index (χ0n) is 10.4.